The topological polar surface area (TPSA) is 29.5 Å². The van der Waals surface area contributed by atoms with Gasteiger partial charge in [-0.05, 0) is 30.2 Å². The van der Waals surface area contributed by atoms with Crippen molar-refractivity contribution >= 4 is 11.8 Å². The van der Waals surface area contributed by atoms with E-state index in [9.17, 15) is 5.11 Å². The molecule has 3 heteroatoms. The van der Waals surface area contributed by atoms with Crippen molar-refractivity contribution in [3.05, 3.63) is 54.1 Å². The summed E-state index contributed by atoms with van der Waals surface area (Å²) in [4.78, 5) is 1.35. The third-order valence-electron chi connectivity index (χ3n) is 3.00. The summed E-state index contributed by atoms with van der Waals surface area (Å²) in [5.74, 6) is 0.770. The summed E-state index contributed by atoms with van der Waals surface area (Å²) in [6.45, 7) is 0.622. The van der Waals surface area contributed by atoms with E-state index in [2.05, 4.69) is 24.3 Å². The van der Waals surface area contributed by atoms with Crippen LogP contribution >= 0.6 is 11.8 Å². The minimum Gasteiger partial charge on any atom is -0.504 e. The van der Waals surface area contributed by atoms with E-state index in [1.165, 1.54) is 10.5 Å². The molecule has 18 heavy (non-hydrogen) atoms. The fourth-order valence-corrected chi connectivity index (χ4v) is 3.33. The van der Waals surface area contributed by atoms with Gasteiger partial charge in [0, 0.05) is 10.1 Å². The Bertz CT molecular complexity index is 529. The summed E-state index contributed by atoms with van der Waals surface area (Å²) >= 11 is 1.85. The van der Waals surface area contributed by atoms with Crippen LogP contribution in [0.25, 0.3) is 0 Å². The Morgan fingerprint density at radius 3 is 2.72 bits per heavy atom. The van der Waals surface area contributed by atoms with Crippen LogP contribution in [0.5, 0.6) is 11.5 Å². The first-order valence-corrected chi connectivity index (χ1v) is 6.86. The average molecular weight is 258 g/mol. The maximum atomic E-state index is 9.63. The largest absolute Gasteiger partial charge is 0.504 e. The molecule has 0 saturated heterocycles. The zero-order valence-corrected chi connectivity index (χ0v) is 10.7. The molecule has 92 valence electrons. The van der Waals surface area contributed by atoms with Gasteiger partial charge in [0.1, 0.15) is 6.61 Å². The summed E-state index contributed by atoms with van der Waals surface area (Å²) in [6, 6.07) is 15.6. The molecule has 2 aromatic rings. The fourth-order valence-electron chi connectivity index (χ4n) is 2.11. The highest BCUT2D eigenvalue weighted by Gasteiger charge is 2.22. The number of hydrogen-bond acceptors (Lipinski definition) is 3. The lowest BCUT2D eigenvalue weighted by molar-refractivity contribution is 0.300. The Morgan fingerprint density at radius 2 is 1.89 bits per heavy atom. The predicted octanol–water partition coefficient (Wildman–Crippen LogP) is 3.49. The number of ether oxygens (including phenoxy) is 1. The molecule has 1 heterocycles. The first-order chi connectivity index (χ1) is 8.83. The molecule has 1 aliphatic heterocycles. The lowest BCUT2D eigenvalue weighted by atomic mass is 10.1. The molecule has 1 aliphatic rings. The highest BCUT2D eigenvalue weighted by atomic mass is 32.2. The number of phenolic OH excluding ortho intramolecular Hbond substituents is 1. The average Bonchev–Trinajstić information content (AvgIpc) is 2.80. The molecule has 2 aromatic carbocycles. The quantitative estimate of drug-likeness (QED) is 0.914. The zero-order chi connectivity index (χ0) is 12.4. The molecule has 0 spiro atoms. The molecule has 0 amide bonds. The molecule has 0 radical (unpaired) electrons. The molecule has 0 aromatic heterocycles. The van der Waals surface area contributed by atoms with Gasteiger partial charge >= 0.3 is 0 Å². The molecular formula is C15H14O2S. The number of aromatic hydroxyl groups is 1. The molecule has 3 rings (SSSR count). The monoisotopic (exact) mass is 258 g/mol. The lowest BCUT2D eigenvalue weighted by Crippen LogP contribution is -2.13. The van der Waals surface area contributed by atoms with Gasteiger partial charge in [0.2, 0.25) is 0 Å². The zero-order valence-electron chi connectivity index (χ0n) is 9.87. The highest BCUT2D eigenvalue weighted by molar-refractivity contribution is 8.00. The molecule has 0 fully saturated rings. The smallest absolute Gasteiger partial charge is 0.160 e. The second-order valence-corrected chi connectivity index (χ2v) is 5.67. The number of benzene rings is 2. The van der Waals surface area contributed by atoms with Crippen molar-refractivity contribution in [2.45, 2.75) is 16.6 Å². The summed E-state index contributed by atoms with van der Waals surface area (Å²) in [6.07, 6.45) is 1.04. The number of hydrogen-bond donors (Lipinski definition) is 1. The van der Waals surface area contributed by atoms with Crippen molar-refractivity contribution in [2.24, 2.45) is 0 Å². The van der Waals surface area contributed by atoms with Gasteiger partial charge in [0.15, 0.2) is 11.5 Å². The maximum absolute atomic E-state index is 9.63. The van der Waals surface area contributed by atoms with Crippen LogP contribution in [-0.4, -0.2) is 17.0 Å². The Kier molecular flexibility index (Phi) is 3.15. The van der Waals surface area contributed by atoms with Crippen LogP contribution in [0.1, 0.15) is 5.56 Å². The highest BCUT2D eigenvalue weighted by Crippen LogP contribution is 2.37. The maximum Gasteiger partial charge on any atom is 0.160 e. The van der Waals surface area contributed by atoms with Crippen molar-refractivity contribution in [3.63, 3.8) is 0 Å². The van der Waals surface area contributed by atoms with E-state index >= 15 is 0 Å². The van der Waals surface area contributed by atoms with Crippen LogP contribution in [-0.2, 0) is 6.42 Å². The Morgan fingerprint density at radius 1 is 1.11 bits per heavy atom. The van der Waals surface area contributed by atoms with Crippen molar-refractivity contribution in [1.82, 2.24) is 0 Å². The van der Waals surface area contributed by atoms with Gasteiger partial charge in [0.05, 0.1) is 0 Å². The Labute approximate surface area is 111 Å². The van der Waals surface area contributed by atoms with E-state index in [4.69, 9.17) is 4.74 Å². The standard InChI is InChI=1S/C15H14O2S/c16-13-6-2-3-7-14(13)17-10-12-9-11-5-1-4-8-15(11)18-12/h1-8,12,16H,9-10H2. The number of phenols is 1. The van der Waals surface area contributed by atoms with Crippen LogP contribution in [0.2, 0.25) is 0 Å². The fraction of sp³-hybridized carbons (Fsp3) is 0.200. The van der Waals surface area contributed by atoms with E-state index in [-0.39, 0.29) is 5.75 Å². The van der Waals surface area contributed by atoms with Crippen molar-refractivity contribution in [2.75, 3.05) is 6.61 Å². The summed E-state index contributed by atoms with van der Waals surface area (Å²) in [5, 5.41) is 10.1. The van der Waals surface area contributed by atoms with E-state index in [1.54, 1.807) is 18.2 Å². The van der Waals surface area contributed by atoms with E-state index in [0.29, 0.717) is 17.6 Å². The molecule has 1 unspecified atom stereocenters. The predicted molar refractivity (Wildman–Crippen MR) is 73.4 cm³/mol. The van der Waals surface area contributed by atoms with Gasteiger partial charge in [0.25, 0.3) is 0 Å². The molecule has 0 aliphatic carbocycles. The SMILES string of the molecule is Oc1ccccc1OCC1Cc2ccccc2S1. The molecule has 2 nitrogen and oxygen atoms in total. The third-order valence-corrected chi connectivity index (χ3v) is 4.29. The summed E-state index contributed by atoms with van der Waals surface area (Å²) in [5.41, 5.74) is 1.40. The number of rotatable bonds is 3. The minimum atomic E-state index is 0.206. The Balaban J connectivity index is 1.62. The number of fused-ring (bicyclic) bond motifs is 1. The second-order valence-electron chi connectivity index (χ2n) is 4.33. The van der Waals surface area contributed by atoms with Crippen molar-refractivity contribution in [1.29, 1.82) is 0 Å². The lowest BCUT2D eigenvalue weighted by Gasteiger charge is -2.11. The van der Waals surface area contributed by atoms with Gasteiger partial charge in [-0.15, -0.1) is 11.8 Å². The molecule has 0 saturated carbocycles. The van der Waals surface area contributed by atoms with Gasteiger partial charge in [-0.25, -0.2) is 0 Å². The van der Waals surface area contributed by atoms with Gasteiger partial charge in [-0.1, -0.05) is 30.3 Å². The van der Waals surface area contributed by atoms with E-state index in [0.717, 1.165) is 6.42 Å². The normalized spacial score (nSPS) is 17.4. The van der Waals surface area contributed by atoms with Gasteiger partial charge in [-0.2, -0.15) is 0 Å². The van der Waals surface area contributed by atoms with E-state index < -0.39 is 0 Å². The summed E-state index contributed by atoms with van der Waals surface area (Å²) in [7, 11) is 0. The second kappa shape index (κ2) is 4.94. The Hall–Kier alpha value is -1.61. The van der Waals surface area contributed by atoms with Crippen LogP contribution < -0.4 is 4.74 Å². The van der Waals surface area contributed by atoms with Crippen LogP contribution in [0.3, 0.4) is 0 Å². The van der Waals surface area contributed by atoms with Crippen LogP contribution in [0, 0.1) is 0 Å². The van der Waals surface area contributed by atoms with E-state index in [1.807, 2.05) is 17.8 Å². The molecule has 0 bridgehead atoms. The summed E-state index contributed by atoms with van der Waals surface area (Å²) < 4.78 is 5.68. The van der Waals surface area contributed by atoms with Crippen LogP contribution in [0.4, 0.5) is 0 Å². The number of para-hydroxylation sites is 2. The molecular weight excluding hydrogens is 244 g/mol. The number of thioether (sulfide) groups is 1. The minimum absolute atomic E-state index is 0.206. The van der Waals surface area contributed by atoms with Crippen molar-refractivity contribution in [3.8, 4) is 11.5 Å². The van der Waals surface area contributed by atoms with Crippen molar-refractivity contribution < 1.29 is 9.84 Å². The first-order valence-electron chi connectivity index (χ1n) is 5.98. The molecule has 1 N–H and O–H groups in total. The molecule has 1 atom stereocenters. The first kappa shape index (κ1) is 11.5. The van der Waals surface area contributed by atoms with Gasteiger partial charge < -0.3 is 9.84 Å². The van der Waals surface area contributed by atoms with Gasteiger partial charge in [-0.3, -0.25) is 0 Å². The third kappa shape index (κ3) is 2.31. The van der Waals surface area contributed by atoms with Crippen LogP contribution in [0.15, 0.2) is 53.4 Å².